The standard InChI is InChI=1S/C16H11F3N2O2/c17-16(18,19)12-5-3-10(4-6-12)8-11-2-1-7-21-14(11)13(9-20-21)15(22)23/h1-7,9H,8H2,(H,22,23). The third kappa shape index (κ3) is 2.90. The van der Waals surface area contributed by atoms with Crippen LogP contribution in [0.4, 0.5) is 13.2 Å². The smallest absolute Gasteiger partial charge is 0.416 e. The molecule has 0 bridgehead atoms. The summed E-state index contributed by atoms with van der Waals surface area (Å²) >= 11 is 0. The van der Waals surface area contributed by atoms with Crippen molar-refractivity contribution in [1.29, 1.82) is 0 Å². The number of nitrogens with zero attached hydrogens (tertiary/aromatic N) is 2. The lowest BCUT2D eigenvalue weighted by atomic mass is 10.0. The number of rotatable bonds is 3. The van der Waals surface area contributed by atoms with E-state index in [0.717, 1.165) is 12.1 Å². The number of hydrogen-bond donors (Lipinski definition) is 1. The number of alkyl halides is 3. The van der Waals surface area contributed by atoms with Gasteiger partial charge in [0.2, 0.25) is 0 Å². The normalized spacial score (nSPS) is 11.8. The molecule has 0 saturated carbocycles. The van der Waals surface area contributed by atoms with Crippen molar-refractivity contribution in [3.05, 3.63) is 71.0 Å². The molecule has 0 aliphatic rings. The first-order valence-corrected chi connectivity index (χ1v) is 6.71. The van der Waals surface area contributed by atoms with E-state index in [0.29, 0.717) is 23.1 Å². The fraction of sp³-hybridized carbons (Fsp3) is 0.125. The fourth-order valence-corrected chi connectivity index (χ4v) is 2.45. The van der Waals surface area contributed by atoms with Crippen LogP contribution in [-0.2, 0) is 12.6 Å². The van der Waals surface area contributed by atoms with Crippen molar-refractivity contribution >= 4 is 11.5 Å². The number of benzene rings is 1. The second-order valence-corrected chi connectivity index (χ2v) is 5.06. The van der Waals surface area contributed by atoms with Gasteiger partial charge in [0.05, 0.1) is 17.3 Å². The zero-order valence-corrected chi connectivity index (χ0v) is 11.7. The van der Waals surface area contributed by atoms with E-state index in [1.807, 2.05) is 0 Å². The van der Waals surface area contributed by atoms with Crippen LogP contribution < -0.4 is 0 Å². The van der Waals surface area contributed by atoms with Gasteiger partial charge in [-0.3, -0.25) is 0 Å². The van der Waals surface area contributed by atoms with Crippen LogP contribution in [0.3, 0.4) is 0 Å². The Morgan fingerprint density at radius 1 is 1.17 bits per heavy atom. The lowest BCUT2D eigenvalue weighted by Gasteiger charge is -2.09. The summed E-state index contributed by atoms with van der Waals surface area (Å²) < 4.78 is 39.2. The number of pyridine rings is 1. The maximum atomic E-state index is 12.6. The highest BCUT2D eigenvalue weighted by molar-refractivity contribution is 5.96. The number of aromatic nitrogens is 2. The molecule has 3 aromatic rings. The van der Waals surface area contributed by atoms with Crippen molar-refractivity contribution in [3.63, 3.8) is 0 Å². The predicted molar refractivity (Wildman–Crippen MR) is 76.4 cm³/mol. The van der Waals surface area contributed by atoms with Crippen LogP contribution in [0.2, 0.25) is 0 Å². The molecule has 2 aromatic heterocycles. The molecule has 1 aromatic carbocycles. The highest BCUT2D eigenvalue weighted by Crippen LogP contribution is 2.29. The van der Waals surface area contributed by atoms with Crippen LogP contribution in [0.5, 0.6) is 0 Å². The molecule has 4 nitrogen and oxygen atoms in total. The molecule has 0 spiro atoms. The summed E-state index contributed by atoms with van der Waals surface area (Å²) in [6.07, 6.45) is -1.18. The van der Waals surface area contributed by atoms with Crippen LogP contribution in [0, 0.1) is 0 Å². The second-order valence-electron chi connectivity index (χ2n) is 5.06. The van der Waals surface area contributed by atoms with E-state index in [9.17, 15) is 23.1 Å². The summed E-state index contributed by atoms with van der Waals surface area (Å²) in [6.45, 7) is 0. The minimum absolute atomic E-state index is 0.0625. The van der Waals surface area contributed by atoms with Crippen LogP contribution >= 0.6 is 0 Å². The molecule has 0 radical (unpaired) electrons. The van der Waals surface area contributed by atoms with E-state index in [1.165, 1.54) is 22.8 Å². The highest BCUT2D eigenvalue weighted by atomic mass is 19.4. The molecule has 0 saturated heterocycles. The van der Waals surface area contributed by atoms with E-state index in [-0.39, 0.29) is 5.56 Å². The van der Waals surface area contributed by atoms with E-state index < -0.39 is 17.7 Å². The molecule has 0 aliphatic carbocycles. The Hall–Kier alpha value is -2.83. The van der Waals surface area contributed by atoms with Gasteiger partial charge in [-0.1, -0.05) is 18.2 Å². The monoisotopic (exact) mass is 320 g/mol. The second kappa shape index (κ2) is 5.42. The molecule has 0 fully saturated rings. The first-order chi connectivity index (χ1) is 10.9. The van der Waals surface area contributed by atoms with Crippen LogP contribution in [-0.4, -0.2) is 20.7 Å². The summed E-state index contributed by atoms with van der Waals surface area (Å²) in [5.74, 6) is -1.10. The van der Waals surface area contributed by atoms with Crippen molar-refractivity contribution in [2.24, 2.45) is 0 Å². The molecule has 1 N–H and O–H groups in total. The van der Waals surface area contributed by atoms with E-state index in [2.05, 4.69) is 5.10 Å². The summed E-state index contributed by atoms with van der Waals surface area (Å²) in [5, 5.41) is 13.2. The molecule has 0 aliphatic heterocycles. The molecule has 23 heavy (non-hydrogen) atoms. The lowest BCUT2D eigenvalue weighted by molar-refractivity contribution is -0.137. The van der Waals surface area contributed by atoms with Crippen molar-refractivity contribution in [3.8, 4) is 0 Å². The molecular weight excluding hydrogens is 309 g/mol. The highest BCUT2D eigenvalue weighted by Gasteiger charge is 2.29. The Morgan fingerprint density at radius 3 is 2.48 bits per heavy atom. The maximum Gasteiger partial charge on any atom is 0.416 e. The van der Waals surface area contributed by atoms with Crippen molar-refractivity contribution < 1.29 is 23.1 Å². The van der Waals surface area contributed by atoms with Gasteiger partial charge in [-0.2, -0.15) is 18.3 Å². The average Bonchev–Trinajstić information content (AvgIpc) is 2.92. The Balaban J connectivity index is 1.98. The van der Waals surface area contributed by atoms with Gasteiger partial charge < -0.3 is 5.11 Å². The Labute approximate surface area is 128 Å². The Bertz CT molecular complexity index is 867. The van der Waals surface area contributed by atoms with E-state index in [4.69, 9.17) is 0 Å². The minimum Gasteiger partial charge on any atom is -0.478 e. The summed E-state index contributed by atoms with van der Waals surface area (Å²) in [4.78, 5) is 11.3. The van der Waals surface area contributed by atoms with Crippen molar-refractivity contribution in [2.75, 3.05) is 0 Å². The van der Waals surface area contributed by atoms with Gasteiger partial charge in [0.1, 0.15) is 5.56 Å². The van der Waals surface area contributed by atoms with Crippen LogP contribution in [0.1, 0.15) is 27.0 Å². The summed E-state index contributed by atoms with van der Waals surface area (Å²) in [6, 6.07) is 8.27. The number of carbonyl (C=O) groups is 1. The minimum atomic E-state index is -4.37. The molecular formula is C16H11F3N2O2. The number of carboxylic acids is 1. The van der Waals surface area contributed by atoms with Gasteiger partial charge in [0, 0.05) is 6.20 Å². The number of aromatic carboxylic acids is 1. The Kier molecular flexibility index (Phi) is 3.55. The van der Waals surface area contributed by atoms with Gasteiger partial charge in [0.15, 0.2) is 0 Å². The fourth-order valence-electron chi connectivity index (χ4n) is 2.45. The van der Waals surface area contributed by atoms with Gasteiger partial charge in [0.25, 0.3) is 0 Å². The molecule has 0 unspecified atom stereocenters. The average molecular weight is 320 g/mol. The molecule has 0 amide bonds. The molecule has 3 rings (SSSR count). The molecule has 7 heteroatoms. The summed E-state index contributed by atoms with van der Waals surface area (Å²) in [5.41, 5.74) is 1.13. The first kappa shape index (κ1) is 15.1. The number of halogens is 3. The quantitative estimate of drug-likeness (QED) is 0.801. The zero-order valence-electron chi connectivity index (χ0n) is 11.7. The van der Waals surface area contributed by atoms with Gasteiger partial charge in [-0.15, -0.1) is 0 Å². The first-order valence-electron chi connectivity index (χ1n) is 6.71. The lowest BCUT2D eigenvalue weighted by Crippen LogP contribution is -2.05. The largest absolute Gasteiger partial charge is 0.478 e. The van der Waals surface area contributed by atoms with Crippen LogP contribution in [0.25, 0.3) is 5.52 Å². The van der Waals surface area contributed by atoms with E-state index in [1.54, 1.807) is 18.3 Å². The maximum absolute atomic E-state index is 12.6. The molecule has 2 heterocycles. The number of carboxylic acid groups (broad SMARTS) is 1. The SMILES string of the molecule is O=C(O)c1cnn2cccc(Cc3ccc(C(F)(F)F)cc3)c12. The summed E-state index contributed by atoms with van der Waals surface area (Å²) in [7, 11) is 0. The zero-order chi connectivity index (χ0) is 16.6. The predicted octanol–water partition coefficient (Wildman–Crippen LogP) is 3.64. The molecule has 118 valence electrons. The van der Waals surface area contributed by atoms with Gasteiger partial charge in [-0.05, 0) is 35.7 Å². The Morgan fingerprint density at radius 2 is 1.87 bits per heavy atom. The van der Waals surface area contributed by atoms with Crippen molar-refractivity contribution in [1.82, 2.24) is 9.61 Å². The van der Waals surface area contributed by atoms with E-state index >= 15 is 0 Å². The number of hydrogen-bond acceptors (Lipinski definition) is 2. The van der Waals surface area contributed by atoms with Gasteiger partial charge >= 0.3 is 12.1 Å². The van der Waals surface area contributed by atoms with Gasteiger partial charge in [-0.25, -0.2) is 9.31 Å². The molecule has 0 atom stereocenters. The van der Waals surface area contributed by atoms with Crippen molar-refractivity contribution in [2.45, 2.75) is 12.6 Å². The van der Waals surface area contributed by atoms with Crippen LogP contribution in [0.15, 0.2) is 48.8 Å². The third-order valence-corrected chi connectivity index (χ3v) is 3.53. The number of fused-ring (bicyclic) bond motifs is 1. The topological polar surface area (TPSA) is 54.6 Å². The third-order valence-electron chi connectivity index (χ3n) is 3.53.